The van der Waals surface area contributed by atoms with E-state index in [0.717, 1.165) is 25.7 Å². The molecule has 20 heavy (non-hydrogen) atoms. The molecule has 0 N–H and O–H groups in total. The highest BCUT2D eigenvalue weighted by molar-refractivity contribution is 6.17. The maximum atomic E-state index is 12.4. The van der Waals surface area contributed by atoms with Crippen molar-refractivity contribution in [3.05, 3.63) is 12.2 Å². The average molecular weight is 282 g/mol. The van der Waals surface area contributed by atoms with Crippen molar-refractivity contribution in [3.63, 3.8) is 0 Å². The highest BCUT2D eigenvalue weighted by atomic mass is 16.2. The van der Waals surface area contributed by atoms with Crippen molar-refractivity contribution in [2.75, 3.05) is 26.2 Å². The van der Waals surface area contributed by atoms with Gasteiger partial charge in [0, 0.05) is 26.2 Å². The van der Waals surface area contributed by atoms with Crippen LogP contribution in [0.4, 0.5) is 0 Å². The molecule has 0 saturated heterocycles. The van der Waals surface area contributed by atoms with Gasteiger partial charge < -0.3 is 9.80 Å². The lowest BCUT2D eigenvalue weighted by molar-refractivity contribution is -0.134. The van der Waals surface area contributed by atoms with Crippen LogP contribution < -0.4 is 0 Å². The Morgan fingerprint density at radius 3 is 1.15 bits per heavy atom. The van der Waals surface area contributed by atoms with E-state index in [2.05, 4.69) is 6.58 Å². The molecular formula is C16H30N2O2. The summed E-state index contributed by atoms with van der Waals surface area (Å²) in [5.74, 6) is -0.424. The Bertz CT molecular complexity index is 284. The van der Waals surface area contributed by atoms with Gasteiger partial charge in [-0.1, -0.05) is 34.3 Å². The first-order chi connectivity index (χ1) is 9.53. The van der Waals surface area contributed by atoms with E-state index in [1.165, 1.54) is 0 Å². The van der Waals surface area contributed by atoms with E-state index >= 15 is 0 Å². The fourth-order valence-corrected chi connectivity index (χ4v) is 2.18. The van der Waals surface area contributed by atoms with Crippen LogP contribution in [0.1, 0.15) is 53.4 Å². The Labute approximate surface area is 123 Å². The Morgan fingerprint density at radius 2 is 0.950 bits per heavy atom. The molecule has 0 rings (SSSR count). The minimum Gasteiger partial charge on any atom is -0.339 e. The Morgan fingerprint density at radius 1 is 0.700 bits per heavy atom. The van der Waals surface area contributed by atoms with Gasteiger partial charge >= 0.3 is 0 Å². The summed E-state index contributed by atoms with van der Waals surface area (Å²) in [6.07, 6.45) is 3.56. The molecule has 0 aliphatic carbocycles. The number of rotatable bonds is 10. The van der Waals surface area contributed by atoms with Crippen molar-refractivity contribution in [1.82, 2.24) is 9.80 Å². The fraction of sp³-hybridized carbons (Fsp3) is 0.750. The maximum absolute atomic E-state index is 12.4. The van der Waals surface area contributed by atoms with Gasteiger partial charge in [-0.15, -0.1) is 0 Å². The summed E-state index contributed by atoms with van der Waals surface area (Å²) in [6, 6.07) is 0. The molecule has 0 saturated carbocycles. The van der Waals surface area contributed by atoms with E-state index in [1.54, 1.807) is 9.80 Å². The predicted molar refractivity (Wildman–Crippen MR) is 83.5 cm³/mol. The van der Waals surface area contributed by atoms with Crippen LogP contribution in [0, 0.1) is 0 Å². The van der Waals surface area contributed by atoms with Crippen molar-refractivity contribution in [3.8, 4) is 0 Å². The molecule has 0 aliphatic rings. The highest BCUT2D eigenvalue weighted by Gasteiger charge is 2.24. The summed E-state index contributed by atoms with van der Waals surface area (Å²) in [6.45, 7) is 14.6. The number of carbonyl (C=O) groups is 2. The first-order valence-electron chi connectivity index (χ1n) is 7.80. The standard InChI is InChI=1S/C16H30N2O2/c1-6-10-17(11-7-2)15(19)14(5)16(20)18(12-8-3)13-9-4/h5-13H2,1-4H3. The summed E-state index contributed by atoms with van der Waals surface area (Å²) in [4.78, 5) is 28.2. The van der Waals surface area contributed by atoms with Crippen LogP contribution in [-0.4, -0.2) is 47.8 Å². The zero-order chi connectivity index (χ0) is 15.5. The monoisotopic (exact) mass is 282 g/mol. The Kier molecular flexibility index (Phi) is 9.77. The van der Waals surface area contributed by atoms with Crippen LogP contribution in [0.5, 0.6) is 0 Å². The fourth-order valence-electron chi connectivity index (χ4n) is 2.18. The van der Waals surface area contributed by atoms with Gasteiger partial charge in [-0.3, -0.25) is 9.59 Å². The first kappa shape index (κ1) is 18.7. The average Bonchev–Trinajstić information content (AvgIpc) is 2.44. The van der Waals surface area contributed by atoms with Crippen molar-refractivity contribution >= 4 is 11.8 Å². The summed E-state index contributed by atoms with van der Waals surface area (Å²) >= 11 is 0. The lowest BCUT2D eigenvalue weighted by Gasteiger charge is -2.26. The minimum absolute atomic E-state index is 0.105. The van der Waals surface area contributed by atoms with E-state index in [9.17, 15) is 9.59 Å². The Hall–Kier alpha value is -1.32. The van der Waals surface area contributed by atoms with Gasteiger partial charge in [0.25, 0.3) is 11.8 Å². The Balaban J connectivity index is 4.82. The van der Waals surface area contributed by atoms with Crippen LogP contribution >= 0.6 is 0 Å². The van der Waals surface area contributed by atoms with E-state index in [1.807, 2.05) is 27.7 Å². The van der Waals surface area contributed by atoms with Crippen LogP contribution in [0.2, 0.25) is 0 Å². The lowest BCUT2D eigenvalue weighted by atomic mass is 10.2. The van der Waals surface area contributed by atoms with Crippen molar-refractivity contribution in [2.45, 2.75) is 53.4 Å². The molecule has 0 unspecified atom stereocenters. The predicted octanol–water partition coefficient (Wildman–Crippen LogP) is 2.84. The van der Waals surface area contributed by atoms with Gasteiger partial charge in [0.05, 0.1) is 5.57 Å². The number of carbonyl (C=O) groups excluding carboxylic acids is 2. The molecule has 0 bridgehead atoms. The van der Waals surface area contributed by atoms with E-state index in [0.29, 0.717) is 26.2 Å². The molecule has 116 valence electrons. The largest absolute Gasteiger partial charge is 0.339 e. The third-order valence-corrected chi connectivity index (χ3v) is 3.06. The molecule has 0 aromatic carbocycles. The SMILES string of the molecule is C=C(C(=O)N(CCC)CCC)C(=O)N(CCC)CCC. The molecule has 0 aromatic rings. The first-order valence-corrected chi connectivity index (χ1v) is 7.80. The molecule has 0 heterocycles. The lowest BCUT2D eigenvalue weighted by Crippen LogP contribution is -2.41. The van der Waals surface area contributed by atoms with Crippen LogP contribution in [0.25, 0.3) is 0 Å². The number of hydrogen-bond donors (Lipinski definition) is 0. The molecule has 0 spiro atoms. The number of hydrogen-bond acceptors (Lipinski definition) is 2. The molecule has 4 heteroatoms. The van der Waals surface area contributed by atoms with Crippen LogP contribution in [-0.2, 0) is 9.59 Å². The van der Waals surface area contributed by atoms with Gasteiger partial charge in [-0.05, 0) is 25.7 Å². The number of nitrogens with zero attached hydrogens (tertiary/aromatic N) is 2. The summed E-state index contributed by atoms with van der Waals surface area (Å²) in [7, 11) is 0. The molecule has 0 atom stereocenters. The summed E-state index contributed by atoms with van der Waals surface area (Å²) in [5, 5.41) is 0. The third kappa shape index (κ3) is 5.76. The maximum Gasteiger partial charge on any atom is 0.258 e. The third-order valence-electron chi connectivity index (χ3n) is 3.06. The molecule has 0 fully saturated rings. The van der Waals surface area contributed by atoms with Gasteiger partial charge in [0.15, 0.2) is 0 Å². The second-order valence-electron chi connectivity index (χ2n) is 5.06. The van der Waals surface area contributed by atoms with Gasteiger partial charge in [0.2, 0.25) is 0 Å². The quantitative estimate of drug-likeness (QED) is 0.351. The topological polar surface area (TPSA) is 40.6 Å². The van der Waals surface area contributed by atoms with Crippen molar-refractivity contribution < 1.29 is 9.59 Å². The minimum atomic E-state index is -0.212. The summed E-state index contributed by atoms with van der Waals surface area (Å²) in [5.41, 5.74) is 0.105. The zero-order valence-corrected chi connectivity index (χ0v) is 13.6. The van der Waals surface area contributed by atoms with Gasteiger partial charge in [-0.2, -0.15) is 0 Å². The van der Waals surface area contributed by atoms with Crippen LogP contribution in [0.15, 0.2) is 12.2 Å². The second kappa shape index (κ2) is 10.5. The molecule has 2 amide bonds. The van der Waals surface area contributed by atoms with Gasteiger partial charge in [-0.25, -0.2) is 0 Å². The normalized spacial score (nSPS) is 10.2. The van der Waals surface area contributed by atoms with Crippen molar-refractivity contribution in [1.29, 1.82) is 0 Å². The van der Waals surface area contributed by atoms with E-state index in [4.69, 9.17) is 0 Å². The van der Waals surface area contributed by atoms with Crippen LogP contribution in [0.3, 0.4) is 0 Å². The van der Waals surface area contributed by atoms with E-state index in [-0.39, 0.29) is 17.4 Å². The summed E-state index contributed by atoms with van der Waals surface area (Å²) < 4.78 is 0. The molecule has 0 aromatic heterocycles. The molecule has 0 aliphatic heterocycles. The molecular weight excluding hydrogens is 252 g/mol. The highest BCUT2D eigenvalue weighted by Crippen LogP contribution is 2.08. The van der Waals surface area contributed by atoms with E-state index < -0.39 is 0 Å². The van der Waals surface area contributed by atoms with Crippen molar-refractivity contribution in [2.24, 2.45) is 0 Å². The second-order valence-corrected chi connectivity index (χ2v) is 5.06. The zero-order valence-electron chi connectivity index (χ0n) is 13.6. The molecule has 0 radical (unpaired) electrons. The smallest absolute Gasteiger partial charge is 0.258 e. The molecule has 4 nitrogen and oxygen atoms in total. The van der Waals surface area contributed by atoms with Gasteiger partial charge in [0.1, 0.15) is 0 Å². The number of amides is 2.